The lowest BCUT2D eigenvalue weighted by molar-refractivity contribution is -0.115. The van der Waals surface area contributed by atoms with Crippen molar-refractivity contribution in [2.75, 3.05) is 0 Å². The molecule has 3 rings (SSSR count). The Hall–Kier alpha value is -1.13. The number of aryl methyl sites for hydroxylation is 2. The Bertz CT molecular complexity index is 548. The molecule has 86 valence electrons. The summed E-state index contributed by atoms with van der Waals surface area (Å²) in [6, 6.07) is 6.43. The number of thioether (sulfide) groups is 1. The molecule has 1 aliphatic heterocycles. The lowest BCUT2D eigenvalue weighted by Gasteiger charge is -2.01. The molecule has 1 amide bonds. The number of hydrogen-bond donors (Lipinski definition) is 1. The second kappa shape index (κ2) is 4.27. The largest absolute Gasteiger partial charge is 0.307 e. The number of carbonyl (C=O) groups is 1. The van der Waals surface area contributed by atoms with E-state index in [4.69, 9.17) is 12.2 Å². The summed E-state index contributed by atoms with van der Waals surface area (Å²) in [5.74, 6) is -0.0829. The van der Waals surface area contributed by atoms with Crippen molar-refractivity contribution in [3.05, 3.63) is 39.8 Å². The van der Waals surface area contributed by atoms with Gasteiger partial charge in [-0.15, -0.1) is 0 Å². The number of thiocarbonyl (C=S) groups is 1. The van der Waals surface area contributed by atoms with Crippen molar-refractivity contribution in [2.24, 2.45) is 0 Å². The highest BCUT2D eigenvalue weighted by atomic mass is 32.2. The van der Waals surface area contributed by atoms with Crippen LogP contribution >= 0.6 is 24.0 Å². The van der Waals surface area contributed by atoms with Crippen LogP contribution in [0.2, 0.25) is 0 Å². The van der Waals surface area contributed by atoms with Crippen LogP contribution < -0.4 is 5.32 Å². The summed E-state index contributed by atoms with van der Waals surface area (Å²) in [6.45, 7) is 0. The van der Waals surface area contributed by atoms with E-state index < -0.39 is 0 Å². The molecule has 0 atom stereocenters. The van der Waals surface area contributed by atoms with E-state index in [2.05, 4.69) is 23.5 Å². The molecule has 2 nitrogen and oxygen atoms in total. The van der Waals surface area contributed by atoms with Gasteiger partial charge in [-0.1, -0.05) is 42.2 Å². The molecular weight excluding hydrogens is 250 g/mol. The number of rotatable bonds is 1. The van der Waals surface area contributed by atoms with Gasteiger partial charge in [0.15, 0.2) is 0 Å². The Morgan fingerprint density at radius 1 is 1.29 bits per heavy atom. The zero-order valence-electron chi connectivity index (χ0n) is 9.16. The zero-order valence-corrected chi connectivity index (χ0v) is 10.8. The Morgan fingerprint density at radius 2 is 2.12 bits per heavy atom. The van der Waals surface area contributed by atoms with Gasteiger partial charge in [-0.25, -0.2) is 0 Å². The van der Waals surface area contributed by atoms with Crippen LogP contribution in [-0.4, -0.2) is 10.2 Å². The maximum Gasteiger partial charge on any atom is 0.263 e. The molecule has 0 saturated carbocycles. The maximum atomic E-state index is 11.5. The van der Waals surface area contributed by atoms with Crippen LogP contribution in [0.25, 0.3) is 6.08 Å². The van der Waals surface area contributed by atoms with Gasteiger partial charge in [0.1, 0.15) is 4.32 Å². The fraction of sp³-hybridized carbons (Fsp3) is 0.231. The molecule has 1 N–H and O–H groups in total. The highest BCUT2D eigenvalue weighted by molar-refractivity contribution is 8.26. The molecule has 4 heteroatoms. The average Bonchev–Trinajstić information content (AvgIpc) is 2.85. The van der Waals surface area contributed by atoms with Crippen LogP contribution in [0, 0.1) is 0 Å². The molecule has 1 fully saturated rings. The van der Waals surface area contributed by atoms with Crippen molar-refractivity contribution >= 4 is 40.3 Å². The molecule has 1 aromatic carbocycles. The van der Waals surface area contributed by atoms with E-state index in [1.165, 1.54) is 35.7 Å². The molecule has 0 bridgehead atoms. The van der Waals surface area contributed by atoms with Gasteiger partial charge in [-0.3, -0.25) is 4.79 Å². The molecule has 0 spiro atoms. The number of carbonyl (C=O) groups excluding carboxylic acids is 1. The predicted octanol–water partition coefficient (Wildman–Crippen LogP) is 2.66. The summed E-state index contributed by atoms with van der Waals surface area (Å²) in [6.07, 6.45) is 5.50. The van der Waals surface area contributed by atoms with E-state index in [1.807, 2.05) is 6.08 Å². The van der Waals surface area contributed by atoms with Crippen LogP contribution in [0.4, 0.5) is 0 Å². The summed E-state index contributed by atoms with van der Waals surface area (Å²) in [4.78, 5) is 12.2. The van der Waals surface area contributed by atoms with Gasteiger partial charge in [0.05, 0.1) is 4.91 Å². The Labute approximate surface area is 109 Å². The standard InChI is InChI=1S/C13H11NOS2/c15-12-11(17-13(16)14-12)7-8-4-5-9-2-1-3-10(9)6-8/h4-7H,1-3H2,(H,14,15,16). The first-order valence-electron chi connectivity index (χ1n) is 5.59. The molecule has 17 heavy (non-hydrogen) atoms. The first-order chi connectivity index (χ1) is 8.22. The van der Waals surface area contributed by atoms with Gasteiger partial charge in [-0.05, 0) is 42.0 Å². The number of nitrogens with one attached hydrogen (secondary N) is 1. The summed E-state index contributed by atoms with van der Waals surface area (Å²) in [7, 11) is 0. The normalized spacial score (nSPS) is 20.8. The molecule has 0 unspecified atom stereocenters. The molecule has 1 heterocycles. The lowest BCUT2D eigenvalue weighted by atomic mass is 10.1. The molecule has 1 saturated heterocycles. The molecular formula is C13H11NOS2. The number of hydrogen-bond acceptors (Lipinski definition) is 3. The molecule has 1 aromatic rings. The minimum atomic E-state index is -0.0829. The number of fused-ring (bicyclic) bond motifs is 1. The smallest absolute Gasteiger partial charge is 0.263 e. The number of amides is 1. The minimum absolute atomic E-state index is 0.0829. The monoisotopic (exact) mass is 261 g/mol. The predicted molar refractivity (Wildman–Crippen MR) is 74.8 cm³/mol. The molecule has 0 aromatic heterocycles. The van der Waals surface area contributed by atoms with Crippen LogP contribution in [0.5, 0.6) is 0 Å². The van der Waals surface area contributed by atoms with Crippen LogP contribution in [0.15, 0.2) is 23.1 Å². The third-order valence-corrected chi connectivity index (χ3v) is 4.23. The van der Waals surface area contributed by atoms with E-state index >= 15 is 0 Å². The maximum absolute atomic E-state index is 11.5. The SMILES string of the molecule is O=C1NC(=S)SC1=Cc1ccc2c(c1)CCC2. The summed E-state index contributed by atoms with van der Waals surface area (Å²) in [5, 5.41) is 2.63. The fourth-order valence-corrected chi connectivity index (χ4v) is 3.30. The summed E-state index contributed by atoms with van der Waals surface area (Å²) < 4.78 is 0.544. The Kier molecular flexibility index (Phi) is 2.76. The first kappa shape index (κ1) is 11.0. The van der Waals surface area contributed by atoms with Gasteiger partial charge < -0.3 is 5.32 Å². The lowest BCUT2D eigenvalue weighted by Crippen LogP contribution is -2.17. The quantitative estimate of drug-likeness (QED) is 0.622. The summed E-state index contributed by atoms with van der Waals surface area (Å²) >= 11 is 6.29. The Morgan fingerprint density at radius 3 is 2.88 bits per heavy atom. The number of benzene rings is 1. The van der Waals surface area contributed by atoms with Crippen LogP contribution in [0.3, 0.4) is 0 Å². The van der Waals surface area contributed by atoms with Gasteiger partial charge in [0.25, 0.3) is 5.91 Å². The molecule has 1 aliphatic carbocycles. The van der Waals surface area contributed by atoms with Crippen molar-refractivity contribution in [1.29, 1.82) is 0 Å². The minimum Gasteiger partial charge on any atom is -0.307 e. The van der Waals surface area contributed by atoms with Gasteiger partial charge in [-0.2, -0.15) is 0 Å². The average molecular weight is 261 g/mol. The van der Waals surface area contributed by atoms with E-state index in [1.54, 1.807) is 0 Å². The Balaban J connectivity index is 1.93. The fourth-order valence-electron chi connectivity index (χ4n) is 2.25. The molecule has 0 radical (unpaired) electrons. The van der Waals surface area contributed by atoms with Crippen molar-refractivity contribution in [3.63, 3.8) is 0 Å². The van der Waals surface area contributed by atoms with Crippen molar-refractivity contribution < 1.29 is 4.79 Å². The molecule has 2 aliphatic rings. The van der Waals surface area contributed by atoms with Crippen molar-refractivity contribution in [3.8, 4) is 0 Å². The third-order valence-electron chi connectivity index (χ3n) is 3.06. The second-order valence-corrected chi connectivity index (χ2v) is 5.95. The van der Waals surface area contributed by atoms with Gasteiger partial charge >= 0.3 is 0 Å². The third kappa shape index (κ3) is 2.15. The highest BCUT2D eigenvalue weighted by Crippen LogP contribution is 2.28. The zero-order chi connectivity index (χ0) is 11.8. The topological polar surface area (TPSA) is 29.1 Å². The van der Waals surface area contributed by atoms with E-state index in [-0.39, 0.29) is 5.91 Å². The van der Waals surface area contributed by atoms with Crippen LogP contribution in [-0.2, 0) is 17.6 Å². The van der Waals surface area contributed by atoms with E-state index in [9.17, 15) is 4.79 Å². The van der Waals surface area contributed by atoms with E-state index in [0.29, 0.717) is 9.23 Å². The van der Waals surface area contributed by atoms with Crippen molar-refractivity contribution in [1.82, 2.24) is 5.32 Å². The van der Waals surface area contributed by atoms with Gasteiger partial charge in [0.2, 0.25) is 0 Å². The second-order valence-electron chi connectivity index (χ2n) is 4.23. The van der Waals surface area contributed by atoms with E-state index in [0.717, 1.165) is 12.0 Å². The van der Waals surface area contributed by atoms with Crippen molar-refractivity contribution in [2.45, 2.75) is 19.3 Å². The first-order valence-corrected chi connectivity index (χ1v) is 6.81. The van der Waals surface area contributed by atoms with Gasteiger partial charge in [0, 0.05) is 0 Å². The summed E-state index contributed by atoms with van der Waals surface area (Å²) in [5.41, 5.74) is 3.96. The van der Waals surface area contributed by atoms with Crippen LogP contribution in [0.1, 0.15) is 23.1 Å². The highest BCUT2D eigenvalue weighted by Gasteiger charge is 2.22.